The standard InChI is InChI=1S/C9H12ClN3O/c1-2-5-13(6-7-14)9-4-3-8(10)11-12-9/h2-4,14H,1,5-7H2. The Kier molecular flexibility index (Phi) is 4.35. The van der Waals surface area contributed by atoms with Crippen LogP contribution in [0.4, 0.5) is 5.82 Å². The Hall–Kier alpha value is -1.13. The molecule has 0 radical (unpaired) electrons. The van der Waals surface area contributed by atoms with Crippen molar-refractivity contribution in [3.8, 4) is 0 Å². The van der Waals surface area contributed by atoms with Gasteiger partial charge in [-0.25, -0.2) is 0 Å². The molecule has 0 unspecified atom stereocenters. The van der Waals surface area contributed by atoms with Crippen molar-refractivity contribution in [3.63, 3.8) is 0 Å². The zero-order chi connectivity index (χ0) is 10.4. The van der Waals surface area contributed by atoms with Crippen molar-refractivity contribution in [2.75, 3.05) is 24.6 Å². The first-order chi connectivity index (χ1) is 6.77. The van der Waals surface area contributed by atoms with Crippen molar-refractivity contribution in [1.82, 2.24) is 10.2 Å². The fraction of sp³-hybridized carbons (Fsp3) is 0.333. The van der Waals surface area contributed by atoms with Crippen LogP contribution in [0.2, 0.25) is 5.15 Å². The summed E-state index contributed by atoms with van der Waals surface area (Å²) in [5.41, 5.74) is 0. The lowest BCUT2D eigenvalue weighted by Gasteiger charge is -2.19. The van der Waals surface area contributed by atoms with E-state index in [4.69, 9.17) is 16.7 Å². The first-order valence-electron chi connectivity index (χ1n) is 4.24. The van der Waals surface area contributed by atoms with Crippen LogP contribution in [0.3, 0.4) is 0 Å². The Labute approximate surface area is 87.8 Å². The van der Waals surface area contributed by atoms with E-state index in [-0.39, 0.29) is 6.61 Å². The first-order valence-corrected chi connectivity index (χ1v) is 4.61. The molecular weight excluding hydrogens is 202 g/mol. The monoisotopic (exact) mass is 213 g/mol. The molecule has 0 saturated carbocycles. The molecule has 0 amide bonds. The Bertz CT molecular complexity index is 289. The Morgan fingerprint density at radius 2 is 2.29 bits per heavy atom. The van der Waals surface area contributed by atoms with Crippen molar-refractivity contribution >= 4 is 17.4 Å². The molecule has 0 atom stereocenters. The quantitative estimate of drug-likeness (QED) is 0.745. The summed E-state index contributed by atoms with van der Waals surface area (Å²) in [6.07, 6.45) is 1.74. The second-order valence-corrected chi connectivity index (χ2v) is 3.06. The summed E-state index contributed by atoms with van der Waals surface area (Å²) in [7, 11) is 0. The van der Waals surface area contributed by atoms with Crippen LogP contribution >= 0.6 is 11.6 Å². The molecule has 1 aromatic rings. The van der Waals surface area contributed by atoms with E-state index in [0.717, 1.165) is 0 Å². The summed E-state index contributed by atoms with van der Waals surface area (Å²) in [5.74, 6) is 0.684. The maximum absolute atomic E-state index is 8.83. The maximum Gasteiger partial charge on any atom is 0.151 e. The van der Waals surface area contributed by atoms with Crippen molar-refractivity contribution in [2.24, 2.45) is 0 Å². The molecule has 1 heterocycles. The molecule has 0 aliphatic carbocycles. The number of aliphatic hydroxyl groups excluding tert-OH is 1. The van der Waals surface area contributed by atoms with Crippen molar-refractivity contribution < 1.29 is 5.11 Å². The predicted octanol–water partition coefficient (Wildman–Crippen LogP) is 1.11. The van der Waals surface area contributed by atoms with Gasteiger partial charge in [0.1, 0.15) is 0 Å². The fourth-order valence-electron chi connectivity index (χ4n) is 1.05. The van der Waals surface area contributed by atoms with E-state index >= 15 is 0 Å². The smallest absolute Gasteiger partial charge is 0.151 e. The van der Waals surface area contributed by atoms with Crippen LogP contribution in [-0.2, 0) is 0 Å². The number of halogens is 1. The summed E-state index contributed by atoms with van der Waals surface area (Å²) in [6, 6.07) is 3.42. The van der Waals surface area contributed by atoms with Gasteiger partial charge in [0.2, 0.25) is 0 Å². The van der Waals surface area contributed by atoms with E-state index in [2.05, 4.69) is 16.8 Å². The van der Waals surface area contributed by atoms with Gasteiger partial charge in [0.25, 0.3) is 0 Å². The van der Waals surface area contributed by atoms with Gasteiger partial charge >= 0.3 is 0 Å². The number of aromatic nitrogens is 2. The number of nitrogens with zero attached hydrogens (tertiary/aromatic N) is 3. The summed E-state index contributed by atoms with van der Waals surface area (Å²) < 4.78 is 0. The van der Waals surface area contributed by atoms with E-state index < -0.39 is 0 Å². The van der Waals surface area contributed by atoms with Crippen molar-refractivity contribution in [2.45, 2.75) is 0 Å². The predicted molar refractivity (Wildman–Crippen MR) is 56.5 cm³/mol. The zero-order valence-corrected chi connectivity index (χ0v) is 8.48. The first kappa shape index (κ1) is 10.9. The topological polar surface area (TPSA) is 49.2 Å². The third kappa shape index (κ3) is 2.97. The van der Waals surface area contributed by atoms with E-state index in [1.165, 1.54) is 0 Å². The summed E-state index contributed by atoms with van der Waals surface area (Å²) >= 11 is 5.61. The Balaban J connectivity index is 2.76. The molecule has 0 aliphatic heterocycles. The van der Waals surface area contributed by atoms with Gasteiger partial charge in [-0.3, -0.25) is 0 Å². The lowest BCUT2D eigenvalue weighted by Crippen LogP contribution is -2.27. The number of rotatable bonds is 5. The largest absolute Gasteiger partial charge is 0.395 e. The van der Waals surface area contributed by atoms with E-state index in [9.17, 15) is 0 Å². The molecule has 5 heteroatoms. The molecular formula is C9H12ClN3O. The molecule has 14 heavy (non-hydrogen) atoms. The van der Waals surface area contributed by atoms with Gasteiger partial charge < -0.3 is 10.0 Å². The minimum atomic E-state index is 0.0676. The van der Waals surface area contributed by atoms with Gasteiger partial charge in [-0.2, -0.15) is 0 Å². The van der Waals surface area contributed by atoms with Crippen LogP contribution in [0.15, 0.2) is 24.8 Å². The van der Waals surface area contributed by atoms with Gasteiger partial charge in [-0.15, -0.1) is 16.8 Å². The summed E-state index contributed by atoms with van der Waals surface area (Å²) in [5, 5.41) is 16.8. The van der Waals surface area contributed by atoms with E-state index in [0.29, 0.717) is 24.1 Å². The molecule has 0 aliphatic rings. The summed E-state index contributed by atoms with van der Waals surface area (Å²) in [6.45, 7) is 4.82. The van der Waals surface area contributed by atoms with Gasteiger partial charge in [0.05, 0.1) is 6.61 Å². The minimum absolute atomic E-state index is 0.0676. The molecule has 0 saturated heterocycles. The van der Waals surface area contributed by atoms with Crippen molar-refractivity contribution in [1.29, 1.82) is 0 Å². The van der Waals surface area contributed by atoms with Crippen LogP contribution < -0.4 is 4.90 Å². The van der Waals surface area contributed by atoms with Crippen LogP contribution in [0.25, 0.3) is 0 Å². The van der Waals surface area contributed by atoms with Crippen LogP contribution in [0, 0.1) is 0 Å². The van der Waals surface area contributed by atoms with Gasteiger partial charge in [-0.05, 0) is 12.1 Å². The van der Waals surface area contributed by atoms with Crippen molar-refractivity contribution in [3.05, 3.63) is 29.9 Å². The minimum Gasteiger partial charge on any atom is -0.395 e. The van der Waals surface area contributed by atoms with E-state index in [1.54, 1.807) is 18.2 Å². The molecule has 0 aromatic carbocycles. The van der Waals surface area contributed by atoms with Crippen LogP contribution in [-0.4, -0.2) is 35.0 Å². The molecule has 0 fully saturated rings. The fourth-order valence-corrected chi connectivity index (χ4v) is 1.15. The summed E-state index contributed by atoms with van der Waals surface area (Å²) in [4.78, 5) is 1.86. The Morgan fingerprint density at radius 3 is 2.79 bits per heavy atom. The SMILES string of the molecule is C=CCN(CCO)c1ccc(Cl)nn1. The van der Waals surface area contributed by atoms with E-state index in [1.807, 2.05) is 4.90 Å². The lowest BCUT2D eigenvalue weighted by atomic mass is 10.4. The van der Waals surface area contributed by atoms with Gasteiger partial charge in [-0.1, -0.05) is 17.7 Å². The second-order valence-electron chi connectivity index (χ2n) is 2.67. The molecule has 1 N–H and O–H groups in total. The van der Waals surface area contributed by atoms with Gasteiger partial charge in [0, 0.05) is 13.1 Å². The van der Waals surface area contributed by atoms with Gasteiger partial charge in [0.15, 0.2) is 11.0 Å². The number of hydrogen-bond acceptors (Lipinski definition) is 4. The molecule has 1 aromatic heterocycles. The average molecular weight is 214 g/mol. The normalized spacial score (nSPS) is 9.86. The third-order valence-corrected chi connectivity index (χ3v) is 1.86. The highest BCUT2D eigenvalue weighted by Crippen LogP contribution is 2.11. The number of hydrogen-bond donors (Lipinski definition) is 1. The lowest BCUT2D eigenvalue weighted by molar-refractivity contribution is 0.302. The highest BCUT2D eigenvalue weighted by atomic mass is 35.5. The average Bonchev–Trinajstić information content (AvgIpc) is 2.19. The highest BCUT2D eigenvalue weighted by molar-refractivity contribution is 6.29. The molecule has 1 rings (SSSR count). The van der Waals surface area contributed by atoms with Crippen LogP contribution in [0.1, 0.15) is 0 Å². The molecule has 0 bridgehead atoms. The Morgan fingerprint density at radius 1 is 1.50 bits per heavy atom. The molecule has 4 nitrogen and oxygen atoms in total. The molecule has 0 spiro atoms. The third-order valence-electron chi connectivity index (χ3n) is 1.66. The number of anilines is 1. The van der Waals surface area contributed by atoms with Crippen LogP contribution in [0.5, 0.6) is 0 Å². The highest BCUT2D eigenvalue weighted by Gasteiger charge is 2.05. The molecule has 76 valence electrons. The number of aliphatic hydroxyl groups is 1. The zero-order valence-electron chi connectivity index (χ0n) is 7.73. The second kappa shape index (κ2) is 5.57. The maximum atomic E-state index is 8.83.